The Hall–Kier alpha value is -0.340. The molecule has 2 rings (SSSR count). The van der Waals surface area contributed by atoms with Crippen LogP contribution in [0.5, 0.6) is 0 Å². The van der Waals surface area contributed by atoms with E-state index in [1.165, 1.54) is 24.8 Å². The van der Waals surface area contributed by atoms with Gasteiger partial charge in [0.25, 0.3) is 0 Å². The first-order valence-corrected chi connectivity index (χ1v) is 6.76. The normalized spacial score (nSPS) is 18.5. The average Bonchev–Trinajstić information content (AvgIpc) is 2.96. The summed E-state index contributed by atoms with van der Waals surface area (Å²) in [6, 6.07) is 8.56. The predicted molar refractivity (Wildman–Crippen MR) is 72.4 cm³/mol. The second kappa shape index (κ2) is 4.15. The van der Waals surface area contributed by atoms with Gasteiger partial charge in [-0.3, -0.25) is 0 Å². The molecule has 1 nitrogen and oxygen atoms in total. The number of halogens is 1. The Bertz CT molecular complexity index is 380. The lowest BCUT2D eigenvalue weighted by Crippen LogP contribution is -2.40. The van der Waals surface area contributed by atoms with Crippen molar-refractivity contribution in [2.45, 2.75) is 45.1 Å². The van der Waals surface area contributed by atoms with Crippen LogP contribution in [0.15, 0.2) is 28.7 Å². The van der Waals surface area contributed by atoms with Crippen LogP contribution in [0, 0.1) is 5.41 Å². The number of benzene rings is 1. The fourth-order valence-corrected chi connectivity index (χ4v) is 2.66. The molecule has 0 saturated heterocycles. The fraction of sp³-hybridized carbons (Fsp3) is 0.571. The van der Waals surface area contributed by atoms with Gasteiger partial charge in [0, 0.05) is 10.0 Å². The van der Waals surface area contributed by atoms with Crippen LogP contribution in [0.25, 0.3) is 0 Å². The molecule has 0 atom stereocenters. The molecule has 1 saturated carbocycles. The molecule has 1 aromatic rings. The minimum Gasteiger partial charge on any atom is -0.325 e. The summed E-state index contributed by atoms with van der Waals surface area (Å²) in [5.41, 5.74) is 8.07. The highest BCUT2D eigenvalue weighted by molar-refractivity contribution is 9.10. The molecule has 0 heterocycles. The van der Waals surface area contributed by atoms with Crippen LogP contribution in [-0.4, -0.2) is 5.54 Å². The van der Waals surface area contributed by atoms with Crippen molar-refractivity contribution in [3.05, 3.63) is 34.3 Å². The van der Waals surface area contributed by atoms with E-state index in [0.29, 0.717) is 0 Å². The average molecular weight is 282 g/mol. The highest BCUT2D eigenvalue weighted by Crippen LogP contribution is 2.49. The Morgan fingerprint density at radius 2 is 2.06 bits per heavy atom. The molecule has 1 aromatic carbocycles. The van der Waals surface area contributed by atoms with E-state index in [0.717, 1.165) is 10.9 Å². The number of hydrogen-bond donors (Lipinski definition) is 1. The summed E-state index contributed by atoms with van der Waals surface area (Å²) in [7, 11) is 0. The van der Waals surface area contributed by atoms with E-state index in [1.807, 2.05) is 0 Å². The number of nitrogens with two attached hydrogens (primary N) is 1. The Kier molecular flexibility index (Phi) is 3.15. The maximum absolute atomic E-state index is 6.31. The van der Waals surface area contributed by atoms with Crippen molar-refractivity contribution < 1.29 is 0 Å². The van der Waals surface area contributed by atoms with E-state index in [9.17, 15) is 0 Å². The summed E-state index contributed by atoms with van der Waals surface area (Å²) in [6.45, 7) is 4.61. The monoisotopic (exact) mass is 281 g/mol. The molecule has 0 amide bonds. The van der Waals surface area contributed by atoms with Crippen LogP contribution in [-0.2, 0) is 6.42 Å². The van der Waals surface area contributed by atoms with Gasteiger partial charge in [0.15, 0.2) is 0 Å². The van der Waals surface area contributed by atoms with Crippen LogP contribution >= 0.6 is 15.9 Å². The van der Waals surface area contributed by atoms with Crippen molar-refractivity contribution in [3.8, 4) is 0 Å². The van der Waals surface area contributed by atoms with Crippen molar-refractivity contribution in [3.63, 3.8) is 0 Å². The van der Waals surface area contributed by atoms with E-state index in [4.69, 9.17) is 5.73 Å². The number of rotatable bonds is 4. The van der Waals surface area contributed by atoms with Gasteiger partial charge in [0.1, 0.15) is 0 Å². The summed E-state index contributed by atoms with van der Waals surface area (Å²) >= 11 is 3.51. The van der Waals surface area contributed by atoms with Gasteiger partial charge in [-0.1, -0.05) is 41.9 Å². The van der Waals surface area contributed by atoms with Gasteiger partial charge in [-0.2, -0.15) is 0 Å². The van der Waals surface area contributed by atoms with Gasteiger partial charge in [-0.05, 0) is 48.8 Å². The maximum Gasteiger partial charge on any atom is 0.0207 e. The zero-order valence-corrected chi connectivity index (χ0v) is 11.7. The molecule has 0 bridgehead atoms. The lowest BCUT2D eigenvalue weighted by Gasteiger charge is -2.32. The van der Waals surface area contributed by atoms with E-state index in [1.54, 1.807) is 0 Å². The van der Waals surface area contributed by atoms with Gasteiger partial charge in [0.05, 0.1) is 0 Å². The highest BCUT2D eigenvalue weighted by Gasteiger charge is 2.50. The van der Waals surface area contributed by atoms with Crippen molar-refractivity contribution in [1.29, 1.82) is 0 Å². The quantitative estimate of drug-likeness (QED) is 0.890. The second-order valence-corrected chi connectivity index (χ2v) is 6.59. The molecule has 2 heteroatoms. The summed E-state index contributed by atoms with van der Waals surface area (Å²) < 4.78 is 1.16. The molecule has 2 N–H and O–H groups in total. The second-order valence-electron chi connectivity index (χ2n) is 5.67. The van der Waals surface area contributed by atoms with Crippen molar-refractivity contribution in [1.82, 2.24) is 0 Å². The largest absolute Gasteiger partial charge is 0.325 e. The van der Waals surface area contributed by atoms with Gasteiger partial charge < -0.3 is 5.73 Å². The maximum atomic E-state index is 6.31. The van der Waals surface area contributed by atoms with Crippen LogP contribution < -0.4 is 5.73 Å². The van der Waals surface area contributed by atoms with Crippen LogP contribution in [0.1, 0.15) is 38.7 Å². The molecule has 0 aliphatic heterocycles. The first-order chi connectivity index (χ1) is 7.43. The molecular weight excluding hydrogens is 262 g/mol. The van der Waals surface area contributed by atoms with E-state index >= 15 is 0 Å². The molecule has 0 radical (unpaired) electrons. The van der Waals surface area contributed by atoms with E-state index in [2.05, 4.69) is 54.0 Å². The lowest BCUT2D eigenvalue weighted by atomic mass is 9.77. The molecule has 1 aliphatic rings. The zero-order chi connectivity index (χ0) is 11.8. The van der Waals surface area contributed by atoms with Crippen LogP contribution in [0.3, 0.4) is 0 Å². The molecular formula is C14H20BrN. The third kappa shape index (κ3) is 2.49. The Labute approximate surface area is 107 Å². The molecule has 1 aliphatic carbocycles. The topological polar surface area (TPSA) is 26.0 Å². The third-order valence-corrected chi connectivity index (χ3v) is 4.56. The van der Waals surface area contributed by atoms with E-state index in [-0.39, 0.29) is 11.0 Å². The first kappa shape index (κ1) is 12.1. The molecule has 16 heavy (non-hydrogen) atoms. The van der Waals surface area contributed by atoms with Crippen molar-refractivity contribution in [2.75, 3.05) is 0 Å². The molecule has 88 valence electrons. The third-order valence-electron chi connectivity index (χ3n) is 4.06. The standard InChI is InChI=1S/C14H20BrN/c1-13(2,14(16)8-9-14)7-6-11-4-3-5-12(15)10-11/h3-5,10H,6-9,16H2,1-2H3. The number of aryl methyl sites for hydroxylation is 1. The summed E-state index contributed by atoms with van der Waals surface area (Å²) in [5.74, 6) is 0. The molecule has 0 unspecified atom stereocenters. The van der Waals surface area contributed by atoms with E-state index < -0.39 is 0 Å². The van der Waals surface area contributed by atoms with Gasteiger partial charge >= 0.3 is 0 Å². The minimum absolute atomic E-state index is 0.110. The SMILES string of the molecule is CC(C)(CCc1cccc(Br)c1)C1(N)CC1. The number of hydrogen-bond acceptors (Lipinski definition) is 1. The van der Waals surface area contributed by atoms with Crippen molar-refractivity contribution in [2.24, 2.45) is 11.1 Å². The fourth-order valence-electron chi connectivity index (χ4n) is 2.21. The van der Waals surface area contributed by atoms with Gasteiger partial charge in [-0.15, -0.1) is 0 Å². The summed E-state index contributed by atoms with van der Waals surface area (Å²) in [5, 5.41) is 0. The highest BCUT2D eigenvalue weighted by atomic mass is 79.9. The summed E-state index contributed by atoms with van der Waals surface area (Å²) in [4.78, 5) is 0. The van der Waals surface area contributed by atoms with Crippen LogP contribution in [0.4, 0.5) is 0 Å². The summed E-state index contributed by atoms with van der Waals surface area (Å²) in [6.07, 6.45) is 4.67. The Morgan fingerprint density at radius 3 is 2.62 bits per heavy atom. The molecule has 0 aromatic heterocycles. The van der Waals surface area contributed by atoms with Gasteiger partial charge in [-0.25, -0.2) is 0 Å². The lowest BCUT2D eigenvalue weighted by molar-refractivity contribution is 0.245. The first-order valence-electron chi connectivity index (χ1n) is 5.96. The molecule has 1 fully saturated rings. The Morgan fingerprint density at radius 1 is 1.38 bits per heavy atom. The minimum atomic E-state index is 0.110. The van der Waals surface area contributed by atoms with Crippen molar-refractivity contribution >= 4 is 15.9 Å². The zero-order valence-electron chi connectivity index (χ0n) is 10.1. The smallest absolute Gasteiger partial charge is 0.0207 e. The van der Waals surface area contributed by atoms with Crippen LogP contribution in [0.2, 0.25) is 0 Å². The Balaban J connectivity index is 1.97. The predicted octanol–water partition coefficient (Wildman–Crippen LogP) is 3.90. The molecule has 0 spiro atoms. The van der Waals surface area contributed by atoms with Gasteiger partial charge in [0.2, 0.25) is 0 Å².